The standard InChI is InChI=1S/C16H31N3O/c1-6-12-18-13-11-17-15(18)14(20)16(7-2,8-3)19(9-4)10-5/h11,13-14,20H,6-10,12H2,1-5H3. The first-order valence-electron chi connectivity index (χ1n) is 8.05. The zero-order valence-electron chi connectivity index (χ0n) is 13.8. The maximum absolute atomic E-state index is 11.0. The third-order valence-electron chi connectivity index (χ3n) is 4.58. The molecule has 0 aliphatic rings. The maximum atomic E-state index is 11.0. The Labute approximate surface area is 123 Å². The number of rotatable bonds is 9. The second-order valence-electron chi connectivity index (χ2n) is 5.36. The van der Waals surface area contributed by atoms with Crippen LogP contribution in [0.3, 0.4) is 0 Å². The molecule has 0 spiro atoms. The van der Waals surface area contributed by atoms with E-state index in [4.69, 9.17) is 0 Å². The zero-order valence-corrected chi connectivity index (χ0v) is 13.8. The Balaban J connectivity index is 3.16. The van der Waals surface area contributed by atoms with Crippen LogP contribution in [-0.2, 0) is 6.54 Å². The van der Waals surface area contributed by atoms with Crippen molar-refractivity contribution >= 4 is 0 Å². The molecule has 1 heterocycles. The molecule has 0 saturated heterocycles. The van der Waals surface area contributed by atoms with E-state index in [-0.39, 0.29) is 5.54 Å². The molecule has 0 radical (unpaired) electrons. The summed E-state index contributed by atoms with van der Waals surface area (Å²) in [7, 11) is 0. The average molecular weight is 281 g/mol. The molecule has 0 amide bonds. The van der Waals surface area contributed by atoms with Crippen LogP contribution in [0.25, 0.3) is 0 Å². The van der Waals surface area contributed by atoms with Crippen molar-refractivity contribution in [2.75, 3.05) is 13.1 Å². The van der Waals surface area contributed by atoms with Crippen LogP contribution in [0, 0.1) is 0 Å². The molecule has 1 aromatic heterocycles. The maximum Gasteiger partial charge on any atom is 0.139 e. The first kappa shape index (κ1) is 17.2. The molecule has 1 aromatic rings. The van der Waals surface area contributed by atoms with Crippen LogP contribution in [0.5, 0.6) is 0 Å². The Morgan fingerprint density at radius 3 is 2.25 bits per heavy atom. The summed E-state index contributed by atoms with van der Waals surface area (Å²) < 4.78 is 2.09. The third-order valence-corrected chi connectivity index (χ3v) is 4.58. The van der Waals surface area contributed by atoms with Crippen LogP contribution in [0.4, 0.5) is 0 Å². The Bertz CT molecular complexity index is 381. The van der Waals surface area contributed by atoms with Gasteiger partial charge < -0.3 is 9.67 Å². The molecule has 0 bridgehead atoms. The fourth-order valence-electron chi connectivity index (χ4n) is 3.35. The predicted octanol–water partition coefficient (Wildman–Crippen LogP) is 3.23. The lowest BCUT2D eigenvalue weighted by Crippen LogP contribution is -2.52. The highest BCUT2D eigenvalue weighted by atomic mass is 16.3. The van der Waals surface area contributed by atoms with Gasteiger partial charge in [0.15, 0.2) is 0 Å². The molecule has 4 heteroatoms. The smallest absolute Gasteiger partial charge is 0.139 e. The summed E-state index contributed by atoms with van der Waals surface area (Å²) >= 11 is 0. The van der Waals surface area contributed by atoms with Crippen molar-refractivity contribution in [1.82, 2.24) is 14.5 Å². The number of aliphatic hydroxyl groups is 1. The van der Waals surface area contributed by atoms with Gasteiger partial charge >= 0.3 is 0 Å². The van der Waals surface area contributed by atoms with Crippen LogP contribution < -0.4 is 0 Å². The van der Waals surface area contributed by atoms with E-state index < -0.39 is 6.10 Å². The minimum atomic E-state index is -0.543. The number of aliphatic hydroxyl groups excluding tert-OH is 1. The van der Waals surface area contributed by atoms with E-state index >= 15 is 0 Å². The van der Waals surface area contributed by atoms with E-state index in [2.05, 4.69) is 49.1 Å². The second-order valence-corrected chi connectivity index (χ2v) is 5.36. The average Bonchev–Trinajstić information content (AvgIpc) is 2.92. The van der Waals surface area contributed by atoms with Crippen LogP contribution >= 0.6 is 0 Å². The van der Waals surface area contributed by atoms with Gasteiger partial charge in [0.1, 0.15) is 11.9 Å². The molecule has 20 heavy (non-hydrogen) atoms. The molecule has 0 saturated carbocycles. The Morgan fingerprint density at radius 2 is 1.80 bits per heavy atom. The number of hydrogen-bond donors (Lipinski definition) is 1. The fraction of sp³-hybridized carbons (Fsp3) is 0.812. The first-order valence-corrected chi connectivity index (χ1v) is 8.05. The molecule has 1 atom stereocenters. The zero-order chi connectivity index (χ0) is 15.2. The summed E-state index contributed by atoms with van der Waals surface area (Å²) in [5, 5.41) is 11.0. The molecule has 4 nitrogen and oxygen atoms in total. The van der Waals surface area contributed by atoms with Crippen molar-refractivity contribution in [3.63, 3.8) is 0 Å². The van der Waals surface area contributed by atoms with Crippen LogP contribution in [0.1, 0.15) is 65.8 Å². The summed E-state index contributed by atoms with van der Waals surface area (Å²) in [6.45, 7) is 13.6. The van der Waals surface area contributed by atoms with E-state index in [1.54, 1.807) is 6.20 Å². The van der Waals surface area contributed by atoms with Gasteiger partial charge in [0, 0.05) is 18.9 Å². The lowest BCUT2D eigenvalue weighted by atomic mass is 9.83. The Hall–Kier alpha value is -0.870. The van der Waals surface area contributed by atoms with Crippen molar-refractivity contribution in [2.24, 2.45) is 0 Å². The SMILES string of the molecule is CCCn1ccnc1C(O)C(CC)(CC)N(CC)CC. The molecule has 0 fully saturated rings. The van der Waals surface area contributed by atoms with Crippen molar-refractivity contribution < 1.29 is 5.11 Å². The van der Waals surface area contributed by atoms with Gasteiger partial charge in [-0.05, 0) is 32.4 Å². The van der Waals surface area contributed by atoms with Gasteiger partial charge in [-0.2, -0.15) is 0 Å². The van der Waals surface area contributed by atoms with Gasteiger partial charge in [-0.1, -0.05) is 34.6 Å². The predicted molar refractivity (Wildman–Crippen MR) is 83.7 cm³/mol. The molecule has 116 valence electrons. The molecular weight excluding hydrogens is 250 g/mol. The van der Waals surface area contributed by atoms with Gasteiger partial charge in [0.25, 0.3) is 0 Å². The number of likely N-dealkylation sites (N-methyl/N-ethyl adjacent to an activating group) is 1. The Kier molecular flexibility index (Phi) is 6.69. The molecule has 1 N–H and O–H groups in total. The molecule has 1 rings (SSSR count). The summed E-state index contributed by atoms with van der Waals surface area (Å²) in [5.41, 5.74) is -0.222. The molecular formula is C16H31N3O. The summed E-state index contributed by atoms with van der Waals surface area (Å²) in [6.07, 6.45) is 6.12. The molecule has 0 aliphatic carbocycles. The van der Waals surface area contributed by atoms with E-state index in [1.807, 2.05) is 6.20 Å². The monoisotopic (exact) mass is 281 g/mol. The Morgan fingerprint density at radius 1 is 1.20 bits per heavy atom. The van der Waals surface area contributed by atoms with Crippen molar-refractivity contribution in [2.45, 2.75) is 72.1 Å². The van der Waals surface area contributed by atoms with E-state index in [0.717, 1.165) is 44.7 Å². The number of aryl methyl sites for hydroxylation is 1. The molecule has 0 aliphatic heterocycles. The number of aromatic nitrogens is 2. The van der Waals surface area contributed by atoms with Gasteiger partial charge in [-0.15, -0.1) is 0 Å². The highest BCUT2D eigenvalue weighted by Gasteiger charge is 2.41. The highest BCUT2D eigenvalue weighted by Crippen LogP contribution is 2.36. The van der Waals surface area contributed by atoms with Crippen molar-refractivity contribution in [1.29, 1.82) is 0 Å². The summed E-state index contributed by atoms with van der Waals surface area (Å²) in [6, 6.07) is 0. The third kappa shape index (κ3) is 3.07. The number of hydrogen-bond acceptors (Lipinski definition) is 3. The lowest BCUT2D eigenvalue weighted by Gasteiger charge is -2.45. The van der Waals surface area contributed by atoms with Gasteiger partial charge in [-0.3, -0.25) is 4.90 Å². The molecule has 1 unspecified atom stereocenters. The van der Waals surface area contributed by atoms with Crippen molar-refractivity contribution in [3.8, 4) is 0 Å². The van der Waals surface area contributed by atoms with E-state index in [1.165, 1.54) is 0 Å². The fourth-order valence-corrected chi connectivity index (χ4v) is 3.35. The first-order chi connectivity index (χ1) is 9.61. The minimum absolute atomic E-state index is 0.222. The number of nitrogens with zero attached hydrogens (tertiary/aromatic N) is 3. The van der Waals surface area contributed by atoms with E-state index in [9.17, 15) is 5.11 Å². The van der Waals surface area contributed by atoms with Gasteiger partial charge in [0.2, 0.25) is 0 Å². The van der Waals surface area contributed by atoms with Gasteiger partial charge in [-0.25, -0.2) is 4.98 Å². The summed E-state index contributed by atoms with van der Waals surface area (Å²) in [5.74, 6) is 0.808. The van der Waals surface area contributed by atoms with Crippen LogP contribution in [0.2, 0.25) is 0 Å². The summed E-state index contributed by atoms with van der Waals surface area (Å²) in [4.78, 5) is 6.81. The second kappa shape index (κ2) is 7.79. The topological polar surface area (TPSA) is 41.3 Å². The quantitative estimate of drug-likeness (QED) is 0.755. The van der Waals surface area contributed by atoms with Gasteiger partial charge in [0.05, 0.1) is 5.54 Å². The largest absolute Gasteiger partial charge is 0.383 e. The van der Waals surface area contributed by atoms with E-state index in [0.29, 0.717) is 0 Å². The van der Waals surface area contributed by atoms with Crippen LogP contribution in [-0.4, -0.2) is 38.2 Å². The number of imidazole rings is 1. The molecule has 0 aromatic carbocycles. The minimum Gasteiger partial charge on any atom is -0.383 e. The van der Waals surface area contributed by atoms with Crippen LogP contribution in [0.15, 0.2) is 12.4 Å². The van der Waals surface area contributed by atoms with Crippen molar-refractivity contribution in [3.05, 3.63) is 18.2 Å². The highest BCUT2D eigenvalue weighted by molar-refractivity contribution is 5.07. The normalized spacial score (nSPS) is 13.9. The lowest BCUT2D eigenvalue weighted by molar-refractivity contribution is -0.0425.